The number of nitriles is 1. The van der Waals surface area contributed by atoms with Gasteiger partial charge in [-0.3, -0.25) is 4.21 Å². The standard InChI is InChI=1S/C10H20N2OS/c1-9(7-14(4)13)12-6-5-10(2,3)8-11/h9,12H,5-7H2,1-4H3. The van der Waals surface area contributed by atoms with E-state index in [2.05, 4.69) is 11.4 Å². The zero-order chi connectivity index (χ0) is 11.2. The summed E-state index contributed by atoms with van der Waals surface area (Å²) in [6.07, 6.45) is 2.53. The predicted octanol–water partition coefficient (Wildman–Crippen LogP) is 1.28. The van der Waals surface area contributed by atoms with Crippen LogP contribution in [0, 0.1) is 16.7 Å². The van der Waals surface area contributed by atoms with E-state index in [9.17, 15) is 4.21 Å². The maximum absolute atomic E-state index is 10.9. The smallest absolute Gasteiger partial charge is 0.0684 e. The number of hydrogen-bond donors (Lipinski definition) is 1. The summed E-state index contributed by atoms with van der Waals surface area (Å²) in [4.78, 5) is 0. The van der Waals surface area contributed by atoms with Gasteiger partial charge < -0.3 is 5.32 Å². The van der Waals surface area contributed by atoms with Gasteiger partial charge in [-0.05, 0) is 33.7 Å². The van der Waals surface area contributed by atoms with Crippen LogP contribution >= 0.6 is 0 Å². The van der Waals surface area contributed by atoms with Crippen molar-refractivity contribution in [2.45, 2.75) is 33.2 Å². The van der Waals surface area contributed by atoms with Crippen molar-refractivity contribution in [1.29, 1.82) is 5.26 Å². The van der Waals surface area contributed by atoms with Gasteiger partial charge in [0.05, 0.1) is 11.5 Å². The summed E-state index contributed by atoms with van der Waals surface area (Å²) in [6, 6.07) is 2.52. The van der Waals surface area contributed by atoms with Gasteiger partial charge in [-0.25, -0.2) is 0 Å². The highest BCUT2D eigenvalue weighted by molar-refractivity contribution is 7.84. The Morgan fingerprint density at radius 1 is 1.57 bits per heavy atom. The fourth-order valence-corrected chi connectivity index (χ4v) is 1.92. The molecule has 14 heavy (non-hydrogen) atoms. The summed E-state index contributed by atoms with van der Waals surface area (Å²) in [6.45, 7) is 6.67. The minimum Gasteiger partial charge on any atom is -0.313 e. The fourth-order valence-electron chi connectivity index (χ4n) is 1.10. The number of rotatable bonds is 6. The Kier molecular flexibility index (Phi) is 5.98. The van der Waals surface area contributed by atoms with Gasteiger partial charge in [-0.2, -0.15) is 5.26 Å². The predicted molar refractivity (Wildman–Crippen MR) is 60.4 cm³/mol. The molecule has 0 saturated heterocycles. The fraction of sp³-hybridized carbons (Fsp3) is 0.900. The van der Waals surface area contributed by atoms with Crippen molar-refractivity contribution in [1.82, 2.24) is 5.32 Å². The van der Waals surface area contributed by atoms with Crippen LogP contribution in [-0.2, 0) is 10.8 Å². The second kappa shape index (κ2) is 6.15. The molecule has 4 heteroatoms. The van der Waals surface area contributed by atoms with Gasteiger partial charge in [0.2, 0.25) is 0 Å². The maximum atomic E-state index is 10.9. The molecule has 0 aliphatic rings. The minimum absolute atomic E-state index is 0.260. The summed E-state index contributed by atoms with van der Waals surface area (Å²) in [5, 5.41) is 12.0. The van der Waals surface area contributed by atoms with Gasteiger partial charge in [0.15, 0.2) is 0 Å². The van der Waals surface area contributed by atoms with E-state index in [0.717, 1.165) is 13.0 Å². The third-order valence-electron chi connectivity index (χ3n) is 2.03. The number of nitrogens with zero attached hydrogens (tertiary/aromatic N) is 1. The quantitative estimate of drug-likeness (QED) is 0.728. The molecular weight excluding hydrogens is 196 g/mol. The van der Waals surface area contributed by atoms with Crippen LogP contribution in [0.5, 0.6) is 0 Å². The Hall–Kier alpha value is -0.400. The lowest BCUT2D eigenvalue weighted by molar-refractivity contribution is 0.420. The second-order valence-electron chi connectivity index (χ2n) is 4.34. The van der Waals surface area contributed by atoms with E-state index >= 15 is 0 Å². The Morgan fingerprint density at radius 3 is 2.57 bits per heavy atom. The molecule has 0 rings (SSSR count). The van der Waals surface area contributed by atoms with Crippen molar-refractivity contribution in [3.05, 3.63) is 0 Å². The molecule has 2 atom stereocenters. The summed E-state index contributed by atoms with van der Waals surface area (Å²) >= 11 is 0. The lowest BCUT2D eigenvalue weighted by Crippen LogP contribution is -2.33. The molecule has 0 amide bonds. The van der Waals surface area contributed by atoms with Crippen LogP contribution in [0.3, 0.4) is 0 Å². The summed E-state index contributed by atoms with van der Waals surface area (Å²) in [5.41, 5.74) is -0.266. The topological polar surface area (TPSA) is 52.9 Å². The van der Waals surface area contributed by atoms with Crippen LogP contribution in [0.1, 0.15) is 27.2 Å². The first kappa shape index (κ1) is 13.6. The van der Waals surface area contributed by atoms with Gasteiger partial charge in [-0.1, -0.05) is 0 Å². The SMILES string of the molecule is CC(CS(C)=O)NCCC(C)(C)C#N. The molecule has 2 unspecified atom stereocenters. The molecule has 0 spiro atoms. The van der Waals surface area contributed by atoms with E-state index in [0.29, 0.717) is 5.75 Å². The molecule has 0 saturated carbocycles. The summed E-state index contributed by atoms with van der Waals surface area (Å²) in [5.74, 6) is 0.674. The third-order valence-corrected chi connectivity index (χ3v) is 3.00. The Balaban J connectivity index is 3.65. The lowest BCUT2D eigenvalue weighted by Gasteiger charge is -2.17. The monoisotopic (exact) mass is 216 g/mol. The van der Waals surface area contributed by atoms with Gasteiger partial charge in [-0.15, -0.1) is 0 Å². The average molecular weight is 216 g/mol. The van der Waals surface area contributed by atoms with Gasteiger partial charge in [0, 0.05) is 28.9 Å². The Bertz CT molecular complexity index is 233. The highest BCUT2D eigenvalue weighted by Crippen LogP contribution is 2.17. The molecule has 0 aliphatic carbocycles. The Labute approximate surface area is 89.3 Å². The second-order valence-corrected chi connectivity index (χ2v) is 5.82. The van der Waals surface area contributed by atoms with Crippen molar-refractivity contribution in [2.24, 2.45) is 5.41 Å². The van der Waals surface area contributed by atoms with Crippen LogP contribution in [0.15, 0.2) is 0 Å². The van der Waals surface area contributed by atoms with Crippen LogP contribution < -0.4 is 5.32 Å². The highest BCUT2D eigenvalue weighted by atomic mass is 32.2. The molecule has 0 heterocycles. The van der Waals surface area contributed by atoms with Crippen molar-refractivity contribution in [2.75, 3.05) is 18.6 Å². The van der Waals surface area contributed by atoms with Crippen molar-refractivity contribution < 1.29 is 4.21 Å². The van der Waals surface area contributed by atoms with E-state index in [4.69, 9.17) is 5.26 Å². The van der Waals surface area contributed by atoms with Crippen LogP contribution in [0.4, 0.5) is 0 Å². The van der Waals surface area contributed by atoms with E-state index in [1.807, 2.05) is 20.8 Å². The molecule has 0 aromatic heterocycles. The van der Waals surface area contributed by atoms with Crippen molar-refractivity contribution in [3.8, 4) is 6.07 Å². The van der Waals surface area contributed by atoms with Crippen LogP contribution in [-0.4, -0.2) is 28.8 Å². The first-order chi connectivity index (χ1) is 6.37. The summed E-state index contributed by atoms with van der Waals surface area (Å²) in [7, 11) is -0.750. The number of nitrogens with one attached hydrogen (secondary N) is 1. The molecule has 0 radical (unpaired) electrons. The molecular formula is C10H20N2OS. The molecule has 0 aliphatic heterocycles. The normalized spacial score (nSPS) is 15.9. The summed E-state index contributed by atoms with van der Waals surface area (Å²) < 4.78 is 10.9. The molecule has 0 fully saturated rings. The lowest BCUT2D eigenvalue weighted by atomic mass is 9.91. The highest BCUT2D eigenvalue weighted by Gasteiger charge is 2.16. The van der Waals surface area contributed by atoms with E-state index in [1.165, 1.54) is 0 Å². The molecule has 0 aromatic rings. The Morgan fingerprint density at radius 2 is 2.14 bits per heavy atom. The maximum Gasteiger partial charge on any atom is 0.0684 e. The first-order valence-corrected chi connectivity index (χ1v) is 6.55. The average Bonchev–Trinajstić information content (AvgIpc) is 2.02. The van der Waals surface area contributed by atoms with Crippen LogP contribution in [0.25, 0.3) is 0 Å². The first-order valence-electron chi connectivity index (χ1n) is 4.82. The van der Waals surface area contributed by atoms with Crippen LogP contribution in [0.2, 0.25) is 0 Å². The molecule has 0 bridgehead atoms. The van der Waals surface area contributed by atoms with Crippen molar-refractivity contribution in [3.63, 3.8) is 0 Å². The molecule has 3 nitrogen and oxygen atoms in total. The van der Waals surface area contributed by atoms with E-state index < -0.39 is 10.8 Å². The molecule has 0 aromatic carbocycles. The third kappa shape index (κ3) is 7.05. The zero-order valence-corrected chi connectivity index (χ0v) is 10.3. The minimum atomic E-state index is -0.750. The number of hydrogen-bond acceptors (Lipinski definition) is 3. The van der Waals surface area contributed by atoms with Gasteiger partial charge in [0.1, 0.15) is 0 Å². The van der Waals surface area contributed by atoms with E-state index in [1.54, 1.807) is 6.26 Å². The largest absolute Gasteiger partial charge is 0.313 e. The molecule has 1 N–H and O–H groups in total. The van der Waals surface area contributed by atoms with E-state index in [-0.39, 0.29) is 11.5 Å². The van der Waals surface area contributed by atoms with Gasteiger partial charge >= 0.3 is 0 Å². The molecule has 82 valence electrons. The van der Waals surface area contributed by atoms with Gasteiger partial charge in [0.25, 0.3) is 0 Å². The van der Waals surface area contributed by atoms with Crippen molar-refractivity contribution >= 4 is 10.8 Å². The zero-order valence-electron chi connectivity index (χ0n) is 9.46.